The monoisotopic (exact) mass is 304 g/mol. The van der Waals surface area contributed by atoms with E-state index in [9.17, 15) is 9.90 Å². The van der Waals surface area contributed by atoms with Gasteiger partial charge in [-0.15, -0.1) is 0 Å². The molecule has 22 heavy (non-hydrogen) atoms. The molecule has 0 bridgehead atoms. The molecule has 6 nitrogen and oxygen atoms in total. The van der Waals surface area contributed by atoms with Gasteiger partial charge in [0.1, 0.15) is 11.4 Å². The lowest BCUT2D eigenvalue weighted by Crippen LogP contribution is -2.44. The molecule has 0 amide bonds. The Kier molecular flexibility index (Phi) is 4.18. The summed E-state index contributed by atoms with van der Waals surface area (Å²) < 4.78 is 0. The van der Waals surface area contributed by atoms with Gasteiger partial charge in [0.15, 0.2) is 0 Å². The normalized spacial score (nSPS) is 20.9. The lowest BCUT2D eigenvalue weighted by molar-refractivity contribution is -0.142. The van der Waals surface area contributed by atoms with Crippen LogP contribution in [-0.2, 0) is 4.79 Å². The highest BCUT2D eigenvalue weighted by atomic mass is 16.4. The largest absolute Gasteiger partial charge is 0.480 e. The fraction of sp³-hybridized carbons (Fsp3) is 0.688. The smallest absolute Gasteiger partial charge is 0.329 e. The van der Waals surface area contributed by atoms with Gasteiger partial charge < -0.3 is 15.3 Å². The van der Waals surface area contributed by atoms with Crippen molar-refractivity contribution in [2.45, 2.75) is 57.4 Å². The van der Waals surface area contributed by atoms with Crippen LogP contribution in [0.2, 0.25) is 0 Å². The Hall–Kier alpha value is -1.85. The second-order valence-corrected chi connectivity index (χ2v) is 6.46. The number of carboxylic acids is 1. The van der Waals surface area contributed by atoms with E-state index in [1.807, 2.05) is 13.0 Å². The number of aromatic nitrogens is 2. The maximum absolute atomic E-state index is 11.7. The van der Waals surface area contributed by atoms with Gasteiger partial charge in [0.05, 0.1) is 0 Å². The van der Waals surface area contributed by atoms with Crippen molar-refractivity contribution in [3.63, 3.8) is 0 Å². The molecule has 2 N–H and O–H groups in total. The molecule has 0 aromatic carbocycles. The van der Waals surface area contributed by atoms with Crippen LogP contribution in [0.15, 0.2) is 6.07 Å². The molecule has 120 valence electrons. The second kappa shape index (κ2) is 6.10. The number of rotatable bonds is 4. The average molecular weight is 304 g/mol. The lowest BCUT2D eigenvalue weighted by Gasteiger charge is -2.29. The number of aliphatic carboxylic acids is 1. The molecular formula is C16H24N4O2. The van der Waals surface area contributed by atoms with Crippen molar-refractivity contribution < 1.29 is 9.90 Å². The summed E-state index contributed by atoms with van der Waals surface area (Å²) in [6.45, 7) is 3.89. The van der Waals surface area contributed by atoms with Crippen molar-refractivity contribution >= 4 is 17.7 Å². The highest BCUT2D eigenvalue weighted by Gasteiger charge is 2.41. The highest BCUT2D eigenvalue weighted by molar-refractivity contribution is 5.82. The Balaban J connectivity index is 1.84. The first-order valence-corrected chi connectivity index (χ1v) is 8.21. The third kappa shape index (κ3) is 3.00. The van der Waals surface area contributed by atoms with E-state index in [2.05, 4.69) is 20.2 Å². The summed E-state index contributed by atoms with van der Waals surface area (Å²) >= 11 is 0. The van der Waals surface area contributed by atoms with Crippen molar-refractivity contribution in [2.75, 3.05) is 23.3 Å². The Morgan fingerprint density at radius 3 is 2.50 bits per heavy atom. The number of hydrogen-bond acceptors (Lipinski definition) is 5. The first kappa shape index (κ1) is 15.1. The molecule has 6 heteroatoms. The number of carboxylic acid groups (broad SMARTS) is 1. The summed E-state index contributed by atoms with van der Waals surface area (Å²) in [5, 5.41) is 12.8. The van der Waals surface area contributed by atoms with E-state index in [0.717, 1.165) is 37.6 Å². The zero-order valence-corrected chi connectivity index (χ0v) is 13.1. The minimum Gasteiger partial charge on any atom is -0.480 e. The van der Waals surface area contributed by atoms with Crippen molar-refractivity contribution in [1.82, 2.24) is 9.97 Å². The van der Waals surface area contributed by atoms with E-state index in [1.54, 1.807) is 0 Å². The van der Waals surface area contributed by atoms with Crippen LogP contribution in [0.1, 0.15) is 50.6 Å². The van der Waals surface area contributed by atoms with Gasteiger partial charge in [0.25, 0.3) is 0 Å². The zero-order valence-electron chi connectivity index (χ0n) is 13.1. The molecule has 1 aromatic heterocycles. The standard InChI is InChI=1S/C16H24N4O2/c1-12-11-13(19-16(14(21)22)7-3-4-8-16)18-15(17-12)20-9-5-2-6-10-20/h11H,2-10H2,1H3,(H,21,22)(H,17,18,19). The second-order valence-electron chi connectivity index (χ2n) is 6.46. The van der Waals surface area contributed by atoms with Crippen LogP contribution in [0.5, 0.6) is 0 Å². The van der Waals surface area contributed by atoms with Gasteiger partial charge in [0, 0.05) is 24.8 Å². The molecule has 0 radical (unpaired) electrons. The van der Waals surface area contributed by atoms with Gasteiger partial charge in [-0.25, -0.2) is 9.78 Å². The van der Waals surface area contributed by atoms with Crippen molar-refractivity contribution in [3.05, 3.63) is 11.8 Å². The number of anilines is 2. The number of nitrogens with zero attached hydrogens (tertiary/aromatic N) is 3. The Bertz CT molecular complexity index is 549. The van der Waals surface area contributed by atoms with Gasteiger partial charge >= 0.3 is 5.97 Å². The predicted molar refractivity (Wildman–Crippen MR) is 85.3 cm³/mol. The molecule has 2 aliphatic rings. The Morgan fingerprint density at radius 1 is 1.18 bits per heavy atom. The van der Waals surface area contributed by atoms with Crippen molar-refractivity contribution in [2.24, 2.45) is 0 Å². The summed E-state index contributed by atoms with van der Waals surface area (Å²) in [6.07, 6.45) is 6.80. The fourth-order valence-corrected chi connectivity index (χ4v) is 3.47. The predicted octanol–water partition coefficient (Wildman–Crippen LogP) is 2.58. The van der Waals surface area contributed by atoms with Crippen molar-refractivity contribution in [1.29, 1.82) is 0 Å². The number of nitrogens with one attached hydrogen (secondary N) is 1. The first-order valence-electron chi connectivity index (χ1n) is 8.21. The maximum Gasteiger partial charge on any atom is 0.329 e. The molecule has 2 heterocycles. The zero-order chi connectivity index (χ0) is 15.6. The van der Waals surface area contributed by atoms with Gasteiger partial charge in [-0.3, -0.25) is 0 Å². The van der Waals surface area contributed by atoms with Crippen LogP contribution in [0.3, 0.4) is 0 Å². The van der Waals surface area contributed by atoms with Crippen LogP contribution < -0.4 is 10.2 Å². The van der Waals surface area contributed by atoms with E-state index >= 15 is 0 Å². The van der Waals surface area contributed by atoms with Crippen LogP contribution in [0.25, 0.3) is 0 Å². The number of carbonyl (C=O) groups is 1. The molecule has 1 saturated carbocycles. The van der Waals surface area contributed by atoms with Gasteiger partial charge in [-0.1, -0.05) is 12.8 Å². The third-order valence-corrected chi connectivity index (χ3v) is 4.72. The van der Waals surface area contributed by atoms with E-state index in [1.165, 1.54) is 19.3 Å². The van der Waals surface area contributed by atoms with Crippen LogP contribution in [-0.4, -0.2) is 39.7 Å². The molecule has 1 aliphatic heterocycles. The summed E-state index contributed by atoms with van der Waals surface area (Å²) in [5.74, 6) is 0.582. The summed E-state index contributed by atoms with van der Waals surface area (Å²) in [5.41, 5.74) is 0.0107. The van der Waals surface area contributed by atoms with Gasteiger partial charge in [-0.2, -0.15) is 4.98 Å². The van der Waals surface area contributed by atoms with Gasteiger partial charge in [-0.05, 0) is 39.0 Å². The summed E-state index contributed by atoms with van der Waals surface area (Å²) in [4.78, 5) is 23.0. The molecule has 3 rings (SSSR count). The van der Waals surface area contributed by atoms with E-state index in [4.69, 9.17) is 0 Å². The van der Waals surface area contributed by atoms with E-state index in [-0.39, 0.29) is 0 Å². The van der Waals surface area contributed by atoms with E-state index in [0.29, 0.717) is 18.7 Å². The Labute approximate surface area is 131 Å². The quantitative estimate of drug-likeness (QED) is 0.890. The molecular weight excluding hydrogens is 280 g/mol. The average Bonchev–Trinajstić information content (AvgIpc) is 2.97. The van der Waals surface area contributed by atoms with Crippen LogP contribution in [0.4, 0.5) is 11.8 Å². The van der Waals surface area contributed by atoms with Crippen LogP contribution in [0, 0.1) is 6.92 Å². The summed E-state index contributed by atoms with van der Waals surface area (Å²) in [7, 11) is 0. The lowest BCUT2D eigenvalue weighted by atomic mass is 9.98. The fourth-order valence-electron chi connectivity index (χ4n) is 3.47. The minimum absolute atomic E-state index is 0.636. The highest BCUT2D eigenvalue weighted by Crippen LogP contribution is 2.33. The number of hydrogen-bond donors (Lipinski definition) is 2. The molecule has 0 atom stereocenters. The summed E-state index contributed by atoms with van der Waals surface area (Å²) in [6, 6.07) is 1.84. The maximum atomic E-state index is 11.7. The molecule has 0 unspecified atom stereocenters. The van der Waals surface area contributed by atoms with Gasteiger partial charge in [0.2, 0.25) is 5.95 Å². The van der Waals surface area contributed by atoms with Crippen LogP contribution >= 0.6 is 0 Å². The third-order valence-electron chi connectivity index (χ3n) is 4.72. The minimum atomic E-state index is -0.861. The first-order chi connectivity index (χ1) is 10.6. The van der Waals surface area contributed by atoms with E-state index < -0.39 is 11.5 Å². The number of aryl methyl sites for hydroxylation is 1. The molecule has 1 saturated heterocycles. The van der Waals surface area contributed by atoms with Crippen molar-refractivity contribution in [3.8, 4) is 0 Å². The molecule has 1 aliphatic carbocycles. The Morgan fingerprint density at radius 2 is 1.86 bits per heavy atom. The SMILES string of the molecule is Cc1cc(NC2(C(=O)O)CCCC2)nc(N2CCCCC2)n1. The number of piperidine rings is 1. The molecule has 1 aromatic rings. The topological polar surface area (TPSA) is 78.3 Å². The molecule has 0 spiro atoms. The molecule has 2 fully saturated rings.